The number of hydrogen-bond acceptors (Lipinski definition) is 6. The lowest BCUT2D eigenvalue weighted by Crippen LogP contribution is -2.44. The number of anilines is 1. The molecule has 0 bridgehead atoms. The standard InChI is InChI=1S/C30H30ClN3O6/c1-30(2,3)20-8-12-22(13-9-20)40-23-14-10-21(11-15-23)34-17-19(16-27(34)36)29(38)39-18-26(35)32-33-28(37)24-6-4-5-7-25(24)31/h4-15,19H,16-18H2,1-3H3,(H,32,35)(H,33,37)/t19-/m0/s1. The van der Waals surface area contributed by atoms with Gasteiger partial charge in [0.05, 0.1) is 16.5 Å². The smallest absolute Gasteiger partial charge is 0.311 e. The second kappa shape index (κ2) is 12.2. The van der Waals surface area contributed by atoms with Crippen molar-refractivity contribution >= 4 is 41.0 Å². The molecule has 0 radical (unpaired) electrons. The number of hydrogen-bond donors (Lipinski definition) is 2. The lowest BCUT2D eigenvalue weighted by molar-refractivity contribution is -0.152. The summed E-state index contributed by atoms with van der Waals surface area (Å²) < 4.78 is 11.0. The maximum absolute atomic E-state index is 12.6. The summed E-state index contributed by atoms with van der Waals surface area (Å²) in [4.78, 5) is 50.8. The Kier molecular flexibility index (Phi) is 8.74. The highest BCUT2D eigenvalue weighted by atomic mass is 35.5. The van der Waals surface area contributed by atoms with Crippen LogP contribution in [0.15, 0.2) is 72.8 Å². The van der Waals surface area contributed by atoms with E-state index in [1.165, 1.54) is 16.5 Å². The number of ether oxygens (including phenoxy) is 2. The van der Waals surface area contributed by atoms with Crippen LogP contribution in [-0.2, 0) is 24.5 Å². The molecule has 3 aromatic rings. The summed E-state index contributed by atoms with van der Waals surface area (Å²) >= 11 is 5.95. The van der Waals surface area contributed by atoms with Crippen molar-refractivity contribution in [2.24, 2.45) is 5.92 Å². The van der Waals surface area contributed by atoms with Crippen LogP contribution in [-0.4, -0.2) is 36.8 Å². The topological polar surface area (TPSA) is 114 Å². The Morgan fingerprint density at radius 1 is 0.925 bits per heavy atom. The van der Waals surface area contributed by atoms with Gasteiger partial charge in [-0.05, 0) is 59.5 Å². The monoisotopic (exact) mass is 563 g/mol. The first kappa shape index (κ1) is 28.6. The van der Waals surface area contributed by atoms with Crippen LogP contribution in [0.2, 0.25) is 5.02 Å². The Hall–Kier alpha value is -4.37. The zero-order valence-electron chi connectivity index (χ0n) is 22.4. The first-order chi connectivity index (χ1) is 19.0. The summed E-state index contributed by atoms with van der Waals surface area (Å²) in [5, 5.41) is 0.226. The van der Waals surface area contributed by atoms with E-state index in [1.54, 1.807) is 42.5 Å². The average molecular weight is 564 g/mol. The molecule has 0 aromatic heterocycles. The van der Waals surface area contributed by atoms with Gasteiger partial charge in [-0.15, -0.1) is 0 Å². The van der Waals surface area contributed by atoms with Gasteiger partial charge < -0.3 is 14.4 Å². The van der Waals surface area contributed by atoms with Gasteiger partial charge in [-0.1, -0.05) is 56.6 Å². The molecule has 2 N–H and O–H groups in total. The van der Waals surface area contributed by atoms with Crippen LogP contribution in [0.5, 0.6) is 11.5 Å². The van der Waals surface area contributed by atoms with Crippen molar-refractivity contribution in [3.8, 4) is 11.5 Å². The fraction of sp³-hybridized carbons (Fsp3) is 0.267. The first-order valence-electron chi connectivity index (χ1n) is 12.7. The third-order valence-corrected chi connectivity index (χ3v) is 6.67. The van der Waals surface area contributed by atoms with Crippen LogP contribution in [0, 0.1) is 5.92 Å². The van der Waals surface area contributed by atoms with E-state index >= 15 is 0 Å². The molecule has 9 nitrogen and oxygen atoms in total. The number of halogens is 1. The highest BCUT2D eigenvalue weighted by Gasteiger charge is 2.36. The van der Waals surface area contributed by atoms with E-state index in [0.717, 1.165) is 0 Å². The zero-order chi connectivity index (χ0) is 28.9. The van der Waals surface area contributed by atoms with Crippen molar-refractivity contribution in [1.29, 1.82) is 0 Å². The Morgan fingerprint density at radius 2 is 1.55 bits per heavy atom. The number of carbonyl (C=O) groups is 4. The summed E-state index contributed by atoms with van der Waals surface area (Å²) in [6, 6.07) is 21.3. The van der Waals surface area contributed by atoms with Crippen molar-refractivity contribution in [2.75, 3.05) is 18.1 Å². The van der Waals surface area contributed by atoms with E-state index in [4.69, 9.17) is 21.1 Å². The second-order valence-electron chi connectivity index (χ2n) is 10.4. The lowest BCUT2D eigenvalue weighted by atomic mass is 9.87. The van der Waals surface area contributed by atoms with E-state index in [1.807, 2.05) is 24.3 Å². The number of carbonyl (C=O) groups excluding carboxylic acids is 4. The third-order valence-electron chi connectivity index (χ3n) is 6.34. The summed E-state index contributed by atoms with van der Waals surface area (Å²) in [6.07, 6.45) is -0.0396. The zero-order valence-corrected chi connectivity index (χ0v) is 23.2. The molecule has 1 aliphatic rings. The van der Waals surface area contributed by atoms with Gasteiger partial charge >= 0.3 is 5.97 Å². The molecule has 10 heteroatoms. The Morgan fingerprint density at radius 3 is 2.17 bits per heavy atom. The van der Waals surface area contributed by atoms with Gasteiger partial charge in [0.25, 0.3) is 11.8 Å². The minimum absolute atomic E-state index is 0.0396. The highest BCUT2D eigenvalue weighted by molar-refractivity contribution is 6.33. The van der Waals surface area contributed by atoms with Crippen molar-refractivity contribution in [2.45, 2.75) is 32.6 Å². The summed E-state index contributed by atoms with van der Waals surface area (Å²) in [6.45, 7) is 5.95. The SMILES string of the molecule is CC(C)(C)c1ccc(Oc2ccc(N3C[C@@H](C(=O)OCC(=O)NNC(=O)c4ccccc4Cl)CC3=O)cc2)cc1. The van der Waals surface area contributed by atoms with Crippen molar-refractivity contribution < 1.29 is 28.7 Å². The average Bonchev–Trinajstić information content (AvgIpc) is 3.32. The molecule has 1 fully saturated rings. The molecule has 3 aromatic carbocycles. The molecular weight excluding hydrogens is 534 g/mol. The number of nitrogens with one attached hydrogen (secondary N) is 2. The van der Waals surface area contributed by atoms with Crippen molar-refractivity contribution in [3.63, 3.8) is 0 Å². The van der Waals surface area contributed by atoms with Gasteiger partial charge in [-0.2, -0.15) is 0 Å². The van der Waals surface area contributed by atoms with Crippen LogP contribution in [0.4, 0.5) is 5.69 Å². The van der Waals surface area contributed by atoms with Crippen molar-refractivity contribution in [3.05, 3.63) is 88.9 Å². The summed E-state index contributed by atoms with van der Waals surface area (Å²) in [7, 11) is 0. The number of hydrazine groups is 1. The van der Waals surface area contributed by atoms with Crippen LogP contribution in [0.1, 0.15) is 43.1 Å². The summed E-state index contributed by atoms with van der Waals surface area (Å²) in [5.41, 5.74) is 6.43. The van der Waals surface area contributed by atoms with Crippen LogP contribution in [0.3, 0.4) is 0 Å². The van der Waals surface area contributed by atoms with E-state index in [9.17, 15) is 19.2 Å². The predicted octanol–water partition coefficient (Wildman–Crippen LogP) is 4.79. The molecule has 1 heterocycles. The first-order valence-corrected chi connectivity index (χ1v) is 13.1. The molecule has 0 saturated carbocycles. The third kappa shape index (κ3) is 7.18. The minimum atomic E-state index is -0.737. The molecule has 40 heavy (non-hydrogen) atoms. The number of nitrogens with zero attached hydrogens (tertiary/aromatic N) is 1. The Labute approximate surface area is 237 Å². The van der Waals surface area contributed by atoms with Gasteiger partial charge in [0, 0.05) is 18.7 Å². The van der Waals surface area contributed by atoms with Crippen LogP contribution in [0.25, 0.3) is 0 Å². The molecule has 3 amide bonds. The van der Waals surface area contributed by atoms with Gasteiger partial charge in [-0.3, -0.25) is 30.0 Å². The lowest BCUT2D eigenvalue weighted by Gasteiger charge is -2.19. The van der Waals surface area contributed by atoms with Crippen molar-refractivity contribution in [1.82, 2.24) is 10.9 Å². The van der Waals surface area contributed by atoms with Gasteiger partial charge in [0.1, 0.15) is 11.5 Å². The molecule has 1 saturated heterocycles. The second-order valence-corrected chi connectivity index (χ2v) is 10.8. The molecule has 1 aliphatic heterocycles. The minimum Gasteiger partial charge on any atom is -0.457 e. The maximum Gasteiger partial charge on any atom is 0.311 e. The van der Waals surface area contributed by atoms with E-state index < -0.39 is 30.3 Å². The van der Waals surface area contributed by atoms with E-state index in [-0.39, 0.29) is 34.9 Å². The fourth-order valence-corrected chi connectivity index (χ4v) is 4.32. The molecule has 0 spiro atoms. The number of benzene rings is 3. The molecule has 208 valence electrons. The van der Waals surface area contributed by atoms with E-state index in [0.29, 0.717) is 17.2 Å². The maximum atomic E-state index is 12.6. The largest absolute Gasteiger partial charge is 0.457 e. The fourth-order valence-electron chi connectivity index (χ4n) is 4.10. The molecule has 0 unspecified atom stereocenters. The molecular formula is C30H30ClN3O6. The quantitative estimate of drug-likeness (QED) is 0.316. The molecule has 1 atom stereocenters. The van der Waals surface area contributed by atoms with Crippen LogP contribution < -0.4 is 20.5 Å². The Balaban J connectivity index is 1.25. The molecule has 0 aliphatic carbocycles. The molecule has 4 rings (SSSR count). The van der Waals surface area contributed by atoms with Gasteiger partial charge in [0.2, 0.25) is 5.91 Å². The number of amides is 3. The number of rotatable bonds is 7. The van der Waals surface area contributed by atoms with Gasteiger partial charge in [-0.25, -0.2) is 0 Å². The highest BCUT2D eigenvalue weighted by Crippen LogP contribution is 2.30. The van der Waals surface area contributed by atoms with E-state index in [2.05, 4.69) is 31.6 Å². The Bertz CT molecular complexity index is 1400. The summed E-state index contributed by atoms with van der Waals surface area (Å²) in [5.74, 6) is -1.67. The normalized spacial score (nSPS) is 14.9. The number of esters is 1. The van der Waals surface area contributed by atoms with Gasteiger partial charge in [0.15, 0.2) is 6.61 Å². The predicted molar refractivity (Wildman–Crippen MR) is 150 cm³/mol. The van der Waals surface area contributed by atoms with Crippen LogP contribution >= 0.6 is 11.6 Å².